The molecule has 0 aromatic heterocycles. The second-order valence-electron chi connectivity index (χ2n) is 13.5. The molecule has 0 heterocycles. The van der Waals surface area contributed by atoms with Gasteiger partial charge in [0.1, 0.15) is 17.8 Å². The van der Waals surface area contributed by atoms with Crippen molar-refractivity contribution in [1.29, 1.82) is 0 Å². The predicted octanol–water partition coefficient (Wildman–Crippen LogP) is 9.69. The molecule has 0 saturated carbocycles. The summed E-state index contributed by atoms with van der Waals surface area (Å²) in [6, 6.07) is 29.7. The number of allylic oxidation sites excluding steroid dienone is 1. The molecule has 51 heavy (non-hydrogen) atoms. The van der Waals surface area contributed by atoms with E-state index in [0.717, 1.165) is 43.0 Å². The van der Waals surface area contributed by atoms with Crippen molar-refractivity contribution in [3.05, 3.63) is 142 Å². The second kappa shape index (κ2) is 22.4. The zero-order valence-corrected chi connectivity index (χ0v) is 31.3. The number of rotatable bonds is 11. The van der Waals surface area contributed by atoms with Gasteiger partial charge < -0.3 is 14.8 Å². The van der Waals surface area contributed by atoms with Gasteiger partial charge in [0.2, 0.25) is 0 Å². The summed E-state index contributed by atoms with van der Waals surface area (Å²) in [5.41, 5.74) is 11.4. The summed E-state index contributed by atoms with van der Waals surface area (Å²) >= 11 is 0. The van der Waals surface area contributed by atoms with Crippen LogP contribution < -0.4 is 14.8 Å². The Hall–Kier alpha value is -4.45. The van der Waals surface area contributed by atoms with Crippen LogP contribution in [0.3, 0.4) is 0 Å². The molecule has 0 atom stereocenters. The van der Waals surface area contributed by atoms with Gasteiger partial charge in [0, 0.05) is 19.6 Å². The lowest BCUT2D eigenvalue weighted by Crippen LogP contribution is -2.17. The molecule has 4 aromatic carbocycles. The van der Waals surface area contributed by atoms with Crippen molar-refractivity contribution in [2.24, 2.45) is 0 Å². The van der Waals surface area contributed by atoms with Crippen LogP contribution in [-0.4, -0.2) is 46.0 Å². The van der Waals surface area contributed by atoms with Gasteiger partial charge in [-0.05, 0) is 140 Å². The van der Waals surface area contributed by atoms with Gasteiger partial charge in [-0.25, -0.2) is 0 Å². The second-order valence-corrected chi connectivity index (χ2v) is 13.5. The number of fused-ring (bicyclic) bond motifs is 2. The highest BCUT2D eigenvalue weighted by atomic mass is 16.5. The molecule has 0 bridgehead atoms. The number of likely N-dealkylation sites (N-methyl/N-ethyl adjacent to an activating group) is 1. The molecule has 0 radical (unpaired) electrons. The molecule has 0 spiro atoms. The van der Waals surface area contributed by atoms with E-state index in [-0.39, 0.29) is 0 Å². The highest BCUT2D eigenvalue weighted by molar-refractivity contribution is 5.73. The van der Waals surface area contributed by atoms with Gasteiger partial charge in [-0.15, -0.1) is 0 Å². The molecule has 270 valence electrons. The van der Waals surface area contributed by atoms with Crippen molar-refractivity contribution in [1.82, 2.24) is 10.2 Å². The van der Waals surface area contributed by atoms with Gasteiger partial charge in [-0.1, -0.05) is 91.7 Å². The number of benzene rings is 4. The molecule has 2 aliphatic rings. The van der Waals surface area contributed by atoms with Crippen molar-refractivity contribution in [3.8, 4) is 11.5 Å². The van der Waals surface area contributed by atoms with Gasteiger partial charge in [0.15, 0.2) is 0 Å². The number of methoxy groups -OCH3 is 2. The number of hydrogen-bond acceptors (Lipinski definition) is 5. The van der Waals surface area contributed by atoms with Crippen LogP contribution in [0.5, 0.6) is 11.5 Å². The highest BCUT2D eigenvalue weighted by Crippen LogP contribution is 2.23. The maximum absolute atomic E-state index is 9.99. The average Bonchev–Trinajstić information content (AvgIpc) is 3.55. The molecule has 5 heteroatoms. The maximum atomic E-state index is 9.99. The Kier molecular flexibility index (Phi) is 17.3. The lowest BCUT2D eigenvalue weighted by molar-refractivity contribution is -0.104. The van der Waals surface area contributed by atoms with Crippen LogP contribution in [-0.2, 0) is 43.6 Å². The van der Waals surface area contributed by atoms with Gasteiger partial charge in [-0.3, -0.25) is 9.69 Å². The smallest absolute Gasteiger partial charge is 0.142 e. The minimum atomic E-state index is 0.754. The van der Waals surface area contributed by atoms with Crippen molar-refractivity contribution in [3.63, 3.8) is 0 Å². The summed E-state index contributed by atoms with van der Waals surface area (Å²) in [6.07, 6.45) is 21.7. The molecule has 6 rings (SSSR count). The third-order valence-electron chi connectivity index (χ3n) is 9.49. The predicted molar refractivity (Wildman–Crippen MR) is 215 cm³/mol. The Bertz CT molecular complexity index is 1660. The number of nitrogens with one attached hydrogen (secondary N) is 1. The van der Waals surface area contributed by atoms with Crippen LogP contribution >= 0.6 is 0 Å². The fraction of sp³-hybridized carbons (Fsp3) is 0.370. The van der Waals surface area contributed by atoms with E-state index in [1.807, 2.05) is 43.4 Å². The van der Waals surface area contributed by atoms with Gasteiger partial charge in [-0.2, -0.15) is 0 Å². The number of nitrogens with zero attached hydrogens (tertiary/aromatic N) is 1. The van der Waals surface area contributed by atoms with Crippen molar-refractivity contribution < 1.29 is 14.3 Å². The Morgan fingerprint density at radius 1 is 0.627 bits per heavy atom. The Balaban J connectivity index is 0.000000189. The van der Waals surface area contributed by atoms with Crippen molar-refractivity contribution >= 4 is 18.4 Å². The van der Waals surface area contributed by atoms with E-state index in [1.54, 1.807) is 42.5 Å². The molecule has 1 N–H and O–H groups in total. The van der Waals surface area contributed by atoms with Gasteiger partial charge >= 0.3 is 0 Å². The fourth-order valence-electron chi connectivity index (χ4n) is 6.66. The fourth-order valence-corrected chi connectivity index (χ4v) is 6.66. The number of carbonyl (C=O) groups is 1. The largest absolute Gasteiger partial charge is 0.497 e. The minimum Gasteiger partial charge on any atom is -0.497 e. The van der Waals surface area contributed by atoms with Crippen molar-refractivity contribution in [2.75, 3.05) is 34.9 Å². The van der Waals surface area contributed by atoms with Crippen LogP contribution in [0.25, 0.3) is 12.2 Å². The molecule has 0 aliphatic heterocycles. The quantitative estimate of drug-likeness (QED) is 0.0968. The third kappa shape index (κ3) is 14.0. The molecular formula is C46H58N2O3. The average molecular weight is 687 g/mol. The van der Waals surface area contributed by atoms with E-state index in [1.165, 1.54) is 87.0 Å². The number of aryl methyl sites for hydroxylation is 4. The summed E-state index contributed by atoms with van der Waals surface area (Å²) in [7, 11) is 7.51. The summed E-state index contributed by atoms with van der Waals surface area (Å²) in [5.74, 6) is 1.72. The lowest BCUT2D eigenvalue weighted by atomic mass is 10.00. The Labute approximate surface area is 307 Å². The van der Waals surface area contributed by atoms with E-state index in [0.29, 0.717) is 0 Å². The first-order valence-corrected chi connectivity index (χ1v) is 18.6. The van der Waals surface area contributed by atoms with E-state index in [9.17, 15) is 4.79 Å². The summed E-state index contributed by atoms with van der Waals surface area (Å²) in [4.78, 5) is 12.3. The van der Waals surface area contributed by atoms with Crippen LogP contribution in [0.15, 0.2) is 97.1 Å². The number of ether oxygens (including phenoxy) is 2. The molecular weight excluding hydrogens is 629 g/mol. The molecule has 0 unspecified atom stereocenters. The first kappa shape index (κ1) is 39.3. The lowest BCUT2D eigenvalue weighted by Gasteiger charge is -2.16. The summed E-state index contributed by atoms with van der Waals surface area (Å²) in [6.45, 7) is 2.94. The molecule has 5 nitrogen and oxygen atoms in total. The number of carbonyl (C=O) groups excluding carboxylic acids is 1. The Morgan fingerprint density at radius 3 is 1.63 bits per heavy atom. The van der Waals surface area contributed by atoms with Crippen LogP contribution in [0.1, 0.15) is 83.0 Å². The third-order valence-corrected chi connectivity index (χ3v) is 9.49. The number of hydrogen-bond donors (Lipinski definition) is 1. The van der Waals surface area contributed by atoms with Gasteiger partial charge in [0.05, 0.1) is 14.2 Å². The maximum Gasteiger partial charge on any atom is 0.142 e. The first-order chi connectivity index (χ1) is 25.0. The van der Waals surface area contributed by atoms with Gasteiger partial charge in [0.25, 0.3) is 0 Å². The van der Waals surface area contributed by atoms with Crippen molar-refractivity contribution in [2.45, 2.75) is 77.3 Å². The topological polar surface area (TPSA) is 50.8 Å². The molecule has 2 aliphatic carbocycles. The van der Waals surface area contributed by atoms with E-state index < -0.39 is 0 Å². The highest BCUT2D eigenvalue weighted by Gasteiger charge is 2.10. The number of aldehydes is 1. The normalized spacial score (nSPS) is 13.9. The van der Waals surface area contributed by atoms with Crippen LogP contribution in [0, 0.1) is 0 Å². The summed E-state index contributed by atoms with van der Waals surface area (Å²) in [5, 5.41) is 3.21. The Morgan fingerprint density at radius 2 is 1.12 bits per heavy atom. The summed E-state index contributed by atoms with van der Waals surface area (Å²) < 4.78 is 10.2. The molecule has 4 aromatic rings. The zero-order chi connectivity index (χ0) is 36.1. The van der Waals surface area contributed by atoms with Crippen LogP contribution in [0.2, 0.25) is 0 Å². The first-order valence-electron chi connectivity index (χ1n) is 18.6. The van der Waals surface area contributed by atoms with E-state index in [2.05, 4.69) is 77.9 Å². The monoisotopic (exact) mass is 686 g/mol. The van der Waals surface area contributed by atoms with E-state index in [4.69, 9.17) is 9.47 Å². The zero-order valence-electron chi connectivity index (χ0n) is 31.3. The molecule has 0 saturated heterocycles. The SMILES string of the molecule is CNCc1ccc2c(c1)CCCCC2.COc1ccc(/C=C/C=O)cc1.COc1ccc(/C=C/CN(C)Cc2ccc3c(c2)CCCCC3)cc1. The molecule has 0 amide bonds. The van der Waals surface area contributed by atoms with E-state index >= 15 is 0 Å². The molecule has 0 fully saturated rings. The minimum absolute atomic E-state index is 0.754. The standard InChI is InChI=1S/C23H29NO.C13H19N.C10H10O2/c1-24(16-6-7-19-11-14-23(25-2)15-12-19)18-20-10-13-21-8-4-3-5-9-22(21)17-20;1-14-10-11-7-8-12-5-3-2-4-6-13(12)9-11;1-12-10-6-4-9(5-7-10)3-2-8-11/h6-7,10-15,17H,3-5,8-9,16,18H2,1-2H3;7-9,14H,2-6,10H2,1H3;2-8H,1H3/b7-6+;;3-2+. The van der Waals surface area contributed by atoms with Crippen LogP contribution in [0.4, 0.5) is 0 Å².